The second-order valence-electron chi connectivity index (χ2n) is 3.81. The molecule has 0 bridgehead atoms. The Bertz CT molecular complexity index is 196. The highest BCUT2D eigenvalue weighted by Crippen LogP contribution is 2.23. The van der Waals surface area contributed by atoms with E-state index in [1.807, 2.05) is 13.8 Å². The summed E-state index contributed by atoms with van der Waals surface area (Å²) in [5.41, 5.74) is -0.393. The molecule has 13 heavy (non-hydrogen) atoms. The number of hydrogen-bond acceptors (Lipinski definition) is 3. The third-order valence-corrected chi connectivity index (χ3v) is 2.30. The lowest BCUT2D eigenvalue weighted by molar-refractivity contribution is 0.129. The van der Waals surface area contributed by atoms with Crippen molar-refractivity contribution in [1.82, 2.24) is 5.32 Å². The average Bonchev–Trinajstić information content (AvgIpc) is 2.89. The number of hydrogen-bond donors (Lipinski definition) is 1. The van der Waals surface area contributed by atoms with Crippen LogP contribution in [0.15, 0.2) is 0 Å². The normalized spacial score (nSPS) is 20.7. The van der Waals surface area contributed by atoms with Crippen LogP contribution in [0, 0.1) is 11.3 Å². The van der Waals surface area contributed by atoms with Gasteiger partial charge >= 0.3 is 0 Å². The fraction of sp³-hybridized carbons (Fsp3) is 0.900. The Kier molecular flexibility index (Phi) is 3.71. The molecule has 3 nitrogen and oxygen atoms in total. The van der Waals surface area contributed by atoms with Crippen molar-refractivity contribution in [3.63, 3.8) is 0 Å². The minimum Gasteiger partial charge on any atom is -0.382 e. The first kappa shape index (κ1) is 10.5. The van der Waals surface area contributed by atoms with Crippen LogP contribution in [0.2, 0.25) is 0 Å². The van der Waals surface area contributed by atoms with E-state index in [1.54, 1.807) is 0 Å². The molecule has 1 aliphatic carbocycles. The number of rotatable bonds is 6. The first-order valence-corrected chi connectivity index (χ1v) is 4.97. The lowest BCUT2D eigenvalue weighted by atomic mass is 10.0. The summed E-state index contributed by atoms with van der Waals surface area (Å²) in [5, 5.41) is 12.3. The minimum atomic E-state index is -0.393. The van der Waals surface area contributed by atoms with Crippen LogP contribution in [0.4, 0.5) is 0 Å². The van der Waals surface area contributed by atoms with Gasteiger partial charge in [0, 0.05) is 25.7 Å². The van der Waals surface area contributed by atoms with Crippen LogP contribution in [0.25, 0.3) is 0 Å². The molecule has 1 rings (SSSR count). The summed E-state index contributed by atoms with van der Waals surface area (Å²) < 4.78 is 5.24. The van der Waals surface area contributed by atoms with Gasteiger partial charge in [-0.25, -0.2) is 0 Å². The van der Waals surface area contributed by atoms with Gasteiger partial charge < -0.3 is 4.74 Å². The van der Waals surface area contributed by atoms with Crippen molar-refractivity contribution in [3.05, 3.63) is 0 Å². The summed E-state index contributed by atoms with van der Waals surface area (Å²) in [5.74, 6) is 0. The van der Waals surface area contributed by atoms with E-state index in [2.05, 4.69) is 11.4 Å². The summed E-state index contributed by atoms with van der Waals surface area (Å²) in [6, 6.07) is 2.89. The van der Waals surface area contributed by atoms with Crippen LogP contribution < -0.4 is 5.32 Å². The third kappa shape index (κ3) is 3.75. The van der Waals surface area contributed by atoms with Crippen LogP contribution in [0.3, 0.4) is 0 Å². The highest BCUT2D eigenvalue weighted by Gasteiger charge is 2.31. The van der Waals surface area contributed by atoms with Crippen molar-refractivity contribution in [3.8, 4) is 6.07 Å². The number of nitriles is 1. The lowest BCUT2D eigenvalue weighted by Gasteiger charge is -2.22. The highest BCUT2D eigenvalue weighted by molar-refractivity contribution is 5.06. The average molecular weight is 182 g/mol. The van der Waals surface area contributed by atoms with E-state index in [4.69, 9.17) is 10.00 Å². The van der Waals surface area contributed by atoms with Gasteiger partial charge in [0.25, 0.3) is 0 Å². The Labute approximate surface area is 80.1 Å². The molecule has 0 spiro atoms. The second kappa shape index (κ2) is 4.59. The molecule has 0 heterocycles. The zero-order valence-electron chi connectivity index (χ0n) is 8.47. The molecule has 0 aromatic carbocycles. The van der Waals surface area contributed by atoms with Gasteiger partial charge in [-0.2, -0.15) is 5.26 Å². The minimum absolute atomic E-state index is 0.393. The van der Waals surface area contributed by atoms with Gasteiger partial charge in [-0.15, -0.1) is 0 Å². The molecular weight excluding hydrogens is 164 g/mol. The van der Waals surface area contributed by atoms with Gasteiger partial charge in [-0.1, -0.05) is 0 Å². The summed E-state index contributed by atoms with van der Waals surface area (Å²) >= 11 is 0. The highest BCUT2D eigenvalue weighted by atomic mass is 16.5. The Morgan fingerprint density at radius 3 is 2.77 bits per heavy atom. The molecule has 1 fully saturated rings. The van der Waals surface area contributed by atoms with Crippen LogP contribution in [0.5, 0.6) is 0 Å². The molecule has 0 saturated heterocycles. The zero-order chi connectivity index (χ0) is 9.73. The largest absolute Gasteiger partial charge is 0.382 e. The summed E-state index contributed by atoms with van der Waals surface area (Å²) in [6.45, 7) is 5.31. The zero-order valence-corrected chi connectivity index (χ0v) is 8.47. The second-order valence-corrected chi connectivity index (χ2v) is 3.81. The Balaban J connectivity index is 2.25. The standard InChI is InChI=1S/C10H18N2O/c1-3-13-7-6-10(2,8-11)12-9-4-5-9/h9,12H,3-7H2,1-2H3. The number of ether oxygens (including phenoxy) is 1. The molecule has 1 saturated carbocycles. The molecule has 0 aromatic rings. The molecule has 0 aromatic heterocycles. The predicted molar refractivity (Wildman–Crippen MR) is 51.3 cm³/mol. The Morgan fingerprint density at radius 2 is 2.31 bits per heavy atom. The first-order valence-electron chi connectivity index (χ1n) is 4.97. The molecule has 1 aliphatic rings. The van der Waals surface area contributed by atoms with E-state index < -0.39 is 5.54 Å². The van der Waals surface area contributed by atoms with E-state index in [0.717, 1.165) is 13.0 Å². The van der Waals surface area contributed by atoms with Gasteiger partial charge in [0.1, 0.15) is 5.54 Å². The van der Waals surface area contributed by atoms with Crippen molar-refractivity contribution >= 4 is 0 Å². The van der Waals surface area contributed by atoms with Crippen molar-refractivity contribution in [2.45, 2.75) is 44.7 Å². The molecule has 1 unspecified atom stereocenters. The fourth-order valence-electron chi connectivity index (χ4n) is 1.26. The quantitative estimate of drug-likeness (QED) is 0.632. The summed E-state index contributed by atoms with van der Waals surface area (Å²) in [6.07, 6.45) is 3.20. The molecule has 0 radical (unpaired) electrons. The van der Waals surface area contributed by atoms with Gasteiger partial charge in [0.05, 0.1) is 6.07 Å². The van der Waals surface area contributed by atoms with E-state index in [-0.39, 0.29) is 0 Å². The molecule has 0 amide bonds. The van der Waals surface area contributed by atoms with Gasteiger partial charge in [0.2, 0.25) is 0 Å². The maximum Gasteiger partial charge on any atom is 0.106 e. The molecule has 0 aliphatic heterocycles. The smallest absolute Gasteiger partial charge is 0.106 e. The predicted octanol–water partition coefficient (Wildman–Crippen LogP) is 1.45. The van der Waals surface area contributed by atoms with Gasteiger partial charge in [0.15, 0.2) is 0 Å². The summed E-state index contributed by atoms with van der Waals surface area (Å²) in [4.78, 5) is 0. The summed E-state index contributed by atoms with van der Waals surface area (Å²) in [7, 11) is 0. The number of nitrogens with one attached hydrogen (secondary N) is 1. The van der Waals surface area contributed by atoms with Crippen LogP contribution >= 0.6 is 0 Å². The van der Waals surface area contributed by atoms with Crippen LogP contribution in [-0.2, 0) is 4.74 Å². The van der Waals surface area contributed by atoms with E-state index in [9.17, 15) is 0 Å². The molecule has 74 valence electrons. The van der Waals surface area contributed by atoms with Crippen molar-refractivity contribution in [1.29, 1.82) is 5.26 Å². The molecule has 1 atom stereocenters. The van der Waals surface area contributed by atoms with Crippen molar-refractivity contribution in [2.24, 2.45) is 0 Å². The third-order valence-electron chi connectivity index (χ3n) is 2.30. The SMILES string of the molecule is CCOCCC(C)(C#N)NC1CC1. The Morgan fingerprint density at radius 1 is 1.62 bits per heavy atom. The Hall–Kier alpha value is -0.590. The maximum atomic E-state index is 8.99. The van der Waals surface area contributed by atoms with E-state index in [1.165, 1.54) is 12.8 Å². The molecule has 1 N–H and O–H groups in total. The van der Waals surface area contributed by atoms with Gasteiger partial charge in [-0.05, 0) is 26.7 Å². The van der Waals surface area contributed by atoms with Crippen molar-refractivity contribution < 1.29 is 4.74 Å². The van der Waals surface area contributed by atoms with E-state index >= 15 is 0 Å². The van der Waals surface area contributed by atoms with Crippen molar-refractivity contribution in [2.75, 3.05) is 13.2 Å². The molecule has 3 heteroatoms. The lowest BCUT2D eigenvalue weighted by Crippen LogP contribution is -2.43. The monoisotopic (exact) mass is 182 g/mol. The van der Waals surface area contributed by atoms with Crippen LogP contribution in [0.1, 0.15) is 33.1 Å². The van der Waals surface area contributed by atoms with Gasteiger partial charge in [-0.3, -0.25) is 5.32 Å². The first-order chi connectivity index (χ1) is 6.20. The topological polar surface area (TPSA) is 45.0 Å². The maximum absolute atomic E-state index is 8.99. The van der Waals surface area contributed by atoms with Crippen LogP contribution in [-0.4, -0.2) is 24.8 Å². The molecular formula is C10H18N2O. The fourth-order valence-corrected chi connectivity index (χ4v) is 1.26. The van der Waals surface area contributed by atoms with E-state index in [0.29, 0.717) is 12.6 Å². The number of nitrogens with zero attached hydrogens (tertiary/aromatic N) is 1.